The lowest BCUT2D eigenvalue weighted by molar-refractivity contribution is 0.0747. The highest BCUT2D eigenvalue weighted by molar-refractivity contribution is 9.10. The van der Waals surface area contributed by atoms with Gasteiger partial charge in [0.1, 0.15) is 5.75 Å². The molecule has 0 bridgehead atoms. The number of anilines is 1. The molecule has 2 aromatic carbocycles. The first kappa shape index (κ1) is 16.8. The first-order valence-electron chi connectivity index (χ1n) is 8.03. The third kappa shape index (κ3) is 3.56. The second-order valence-electron chi connectivity index (χ2n) is 5.94. The van der Waals surface area contributed by atoms with Crippen molar-refractivity contribution in [1.29, 1.82) is 0 Å². The lowest BCUT2D eigenvalue weighted by Gasteiger charge is -2.37. The van der Waals surface area contributed by atoms with Crippen LogP contribution in [0.1, 0.15) is 15.9 Å². The van der Waals surface area contributed by atoms with Crippen molar-refractivity contribution in [3.63, 3.8) is 0 Å². The Morgan fingerprint density at radius 2 is 1.71 bits per heavy atom. The minimum Gasteiger partial charge on any atom is -0.497 e. The van der Waals surface area contributed by atoms with Gasteiger partial charge in [-0.3, -0.25) is 4.79 Å². The maximum absolute atomic E-state index is 12.6. The molecular weight excluding hydrogens is 368 g/mol. The summed E-state index contributed by atoms with van der Waals surface area (Å²) >= 11 is 3.50. The molecule has 1 aliphatic heterocycles. The fraction of sp³-hybridized carbons (Fsp3) is 0.316. The second kappa shape index (κ2) is 7.26. The number of hydrogen-bond donors (Lipinski definition) is 0. The Morgan fingerprint density at radius 1 is 1.04 bits per heavy atom. The number of piperazine rings is 1. The van der Waals surface area contributed by atoms with Crippen LogP contribution in [0.2, 0.25) is 0 Å². The van der Waals surface area contributed by atoms with Crippen LogP contribution in [0.25, 0.3) is 0 Å². The molecule has 0 saturated carbocycles. The van der Waals surface area contributed by atoms with Crippen LogP contribution in [-0.4, -0.2) is 44.1 Å². The summed E-state index contributed by atoms with van der Waals surface area (Å²) in [4.78, 5) is 16.9. The molecule has 0 N–H and O–H groups in total. The SMILES string of the molecule is COc1ccc(C(=O)N2CCN(c3ccc(Br)cc3C)CC2)cc1. The van der Waals surface area contributed by atoms with Crippen LogP contribution in [0.3, 0.4) is 0 Å². The molecule has 0 atom stereocenters. The molecule has 2 aromatic rings. The number of methoxy groups -OCH3 is 1. The van der Waals surface area contributed by atoms with E-state index in [1.807, 2.05) is 29.2 Å². The Balaban J connectivity index is 1.64. The van der Waals surface area contributed by atoms with Crippen LogP contribution in [0.5, 0.6) is 5.75 Å². The Labute approximate surface area is 151 Å². The molecule has 4 nitrogen and oxygen atoms in total. The summed E-state index contributed by atoms with van der Waals surface area (Å²) in [6.07, 6.45) is 0. The van der Waals surface area contributed by atoms with Crippen molar-refractivity contribution in [1.82, 2.24) is 4.90 Å². The molecule has 1 aliphatic rings. The van der Waals surface area contributed by atoms with E-state index in [0.29, 0.717) is 5.56 Å². The van der Waals surface area contributed by atoms with Gasteiger partial charge in [0.25, 0.3) is 5.91 Å². The minimum absolute atomic E-state index is 0.0878. The van der Waals surface area contributed by atoms with Crippen LogP contribution < -0.4 is 9.64 Å². The molecule has 3 rings (SSSR count). The van der Waals surface area contributed by atoms with Gasteiger partial charge in [-0.1, -0.05) is 15.9 Å². The number of aryl methyl sites for hydroxylation is 1. The number of hydrogen-bond acceptors (Lipinski definition) is 3. The molecule has 5 heteroatoms. The predicted molar refractivity (Wildman–Crippen MR) is 100.0 cm³/mol. The van der Waals surface area contributed by atoms with E-state index in [1.54, 1.807) is 7.11 Å². The molecule has 1 saturated heterocycles. The van der Waals surface area contributed by atoms with E-state index < -0.39 is 0 Å². The largest absolute Gasteiger partial charge is 0.497 e. The van der Waals surface area contributed by atoms with Crippen molar-refractivity contribution in [2.24, 2.45) is 0 Å². The summed E-state index contributed by atoms with van der Waals surface area (Å²) in [5, 5.41) is 0. The Morgan fingerprint density at radius 3 is 2.29 bits per heavy atom. The fourth-order valence-corrected chi connectivity index (χ4v) is 3.52. The maximum atomic E-state index is 12.6. The van der Waals surface area contributed by atoms with Crippen molar-refractivity contribution in [2.75, 3.05) is 38.2 Å². The van der Waals surface area contributed by atoms with Crippen molar-refractivity contribution < 1.29 is 9.53 Å². The van der Waals surface area contributed by atoms with Crippen LogP contribution in [-0.2, 0) is 0 Å². The van der Waals surface area contributed by atoms with Gasteiger partial charge < -0.3 is 14.5 Å². The molecule has 0 spiro atoms. The Kier molecular flexibility index (Phi) is 5.09. The van der Waals surface area contributed by atoms with Crippen LogP contribution in [0, 0.1) is 6.92 Å². The van der Waals surface area contributed by atoms with Crippen LogP contribution >= 0.6 is 15.9 Å². The predicted octanol–water partition coefficient (Wildman–Crippen LogP) is 3.73. The zero-order chi connectivity index (χ0) is 17.1. The summed E-state index contributed by atoms with van der Waals surface area (Å²) in [5.41, 5.74) is 3.21. The van der Waals surface area contributed by atoms with Gasteiger partial charge in [-0.15, -0.1) is 0 Å². The molecular formula is C19H21BrN2O2. The van der Waals surface area contributed by atoms with Crippen molar-refractivity contribution in [3.8, 4) is 5.75 Å². The number of halogens is 1. The third-order valence-electron chi connectivity index (χ3n) is 4.40. The number of nitrogens with zero attached hydrogens (tertiary/aromatic N) is 2. The summed E-state index contributed by atoms with van der Waals surface area (Å²) in [5.74, 6) is 0.854. The normalized spacial score (nSPS) is 14.6. The zero-order valence-corrected chi connectivity index (χ0v) is 15.5. The van der Waals surface area contributed by atoms with Gasteiger partial charge in [0.05, 0.1) is 7.11 Å². The number of amides is 1. The topological polar surface area (TPSA) is 32.8 Å². The quantitative estimate of drug-likeness (QED) is 0.802. The molecule has 24 heavy (non-hydrogen) atoms. The summed E-state index contributed by atoms with van der Waals surface area (Å²) in [6, 6.07) is 13.6. The highest BCUT2D eigenvalue weighted by Crippen LogP contribution is 2.25. The van der Waals surface area contributed by atoms with Gasteiger partial charge >= 0.3 is 0 Å². The van der Waals surface area contributed by atoms with E-state index in [1.165, 1.54) is 11.3 Å². The smallest absolute Gasteiger partial charge is 0.253 e. The molecule has 0 aliphatic carbocycles. The Bertz CT molecular complexity index is 723. The van der Waals surface area contributed by atoms with E-state index in [0.717, 1.165) is 36.4 Å². The first-order valence-corrected chi connectivity index (χ1v) is 8.82. The molecule has 0 unspecified atom stereocenters. The van der Waals surface area contributed by atoms with Gasteiger partial charge in [-0.05, 0) is 55.0 Å². The lowest BCUT2D eigenvalue weighted by atomic mass is 10.1. The van der Waals surface area contributed by atoms with Crippen LogP contribution in [0.4, 0.5) is 5.69 Å². The third-order valence-corrected chi connectivity index (χ3v) is 4.90. The average Bonchev–Trinajstić information content (AvgIpc) is 2.61. The molecule has 1 fully saturated rings. The van der Waals surface area contributed by atoms with E-state index in [4.69, 9.17) is 4.74 Å². The van der Waals surface area contributed by atoms with Gasteiger partial charge in [0, 0.05) is 41.9 Å². The van der Waals surface area contributed by atoms with Crippen molar-refractivity contribution in [3.05, 3.63) is 58.1 Å². The van der Waals surface area contributed by atoms with Crippen LogP contribution in [0.15, 0.2) is 46.9 Å². The minimum atomic E-state index is 0.0878. The first-order chi connectivity index (χ1) is 11.6. The number of ether oxygens (including phenoxy) is 1. The molecule has 126 valence electrons. The molecule has 1 heterocycles. The summed E-state index contributed by atoms with van der Waals surface area (Å²) in [6.45, 7) is 5.30. The monoisotopic (exact) mass is 388 g/mol. The van der Waals surface area contributed by atoms with Gasteiger partial charge in [0.2, 0.25) is 0 Å². The number of carbonyl (C=O) groups excluding carboxylic acids is 1. The van der Waals surface area contributed by atoms with E-state index in [-0.39, 0.29) is 5.91 Å². The number of rotatable bonds is 3. The summed E-state index contributed by atoms with van der Waals surface area (Å²) < 4.78 is 6.24. The van der Waals surface area contributed by atoms with E-state index >= 15 is 0 Å². The molecule has 0 radical (unpaired) electrons. The average molecular weight is 389 g/mol. The highest BCUT2D eigenvalue weighted by atomic mass is 79.9. The Hall–Kier alpha value is -2.01. The van der Waals surface area contributed by atoms with E-state index in [9.17, 15) is 4.79 Å². The van der Waals surface area contributed by atoms with E-state index in [2.05, 4.69) is 46.0 Å². The zero-order valence-electron chi connectivity index (χ0n) is 14.0. The molecule has 1 amide bonds. The summed E-state index contributed by atoms with van der Waals surface area (Å²) in [7, 11) is 1.63. The van der Waals surface area contributed by atoms with Crippen molar-refractivity contribution in [2.45, 2.75) is 6.92 Å². The molecule has 0 aromatic heterocycles. The van der Waals surface area contributed by atoms with Crippen molar-refractivity contribution >= 4 is 27.5 Å². The van der Waals surface area contributed by atoms with Gasteiger partial charge in [0.15, 0.2) is 0 Å². The fourth-order valence-electron chi connectivity index (χ4n) is 3.04. The lowest BCUT2D eigenvalue weighted by Crippen LogP contribution is -2.49. The second-order valence-corrected chi connectivity index (χ2v) is 6.85. The maximum Gasteiger partial charge on any atom is 0.253 e. The number of benzene rings is 2. The standard InChI is InChI=1S/C19H21BrN2O2/c1-14-13-16(20)5-8-18(14)21-9-11-22(12-10-21)19(23)15-3-6-17(24-2)7-4-15/h3-8,13H,9-12H2,1-2H3. The number of carbonyl (C=O) groups is 1. The van der Waals surface area contributed by atoms with Gasteiger partial charge in [-0.25, -0.2) is 0 Å². The van der Waals surface area contributed by atoms with Gasteiger partial charge in [-0.2, -0.15) is 0 Å². The highest BCUT2D eigenvalue weighted by Gasteiger charge is 2.23.